The Morgan fingerprint density at radius 2 is 1.96 bits per heavy atom. The molecule has 2 aromatic heterocycles. The number of hydrogen-bond donors (Lipinski definition) is 1. The van der Waals surface area contributed by atoms with Crippen LogP contribution < -0.4 is 5.73 Å². The van der Waals surface area contributed by atoms with Gasteiger partial charge in [-0.2, -0.15) is 0 Å². The SMILES string of the molecule is C\C=C/C=C(\C=C/C)N(C(=O)c1csnn1)C(C(N)=O)c1ccncc1. The molecule has 0 aliphatic carbocycles. The third kappa shape index (κ3) is 4.48. The van der Waals surface area contributed by atoms with Gasteiger partial charge in [0.25, 0.3) is 5.91 Å². The number of allylic oxidation sites excluding steroid dienone is 5. The molecule has 1 unspecified atom stereocenters. The molecule has 0 aromatic carbocycles. The summed E-state index contributed by atoms with van der Waals surface area (Å²) in [6.07, 6.45) is 11.9. The predicted octanol–water partition coefficient (Wildman–Crippen LogP) is 2.64. The van der Waals surface area contributed by atoms with E-state index in [2.05, 4.69) is 14.6 Å². The van der Waals surface area contributed by atoms with Gasteiger partial charge >= 0.3 is 0 Å². The summed E-state index contributed by atoms with van der Waals surface area (Å²) in [4.78, 5) is 30.7. The molecular formula is C18H19N5O2S. The molecule has 0 aliphatic heterocycles. The number of pyridine rings is 1. The molecule has 0 saturated carbocycles. The molecule has 0 fully saturated rings. The van der Waals surface area contributed by atoms with Gasteiger partial charge in [0.2, 0.25) is 5.91 Å². The number of nitrogens with zero attached hydrogens (tertiary/aromatic N) is 4. The van der Waals surface area contributed by atoms with E-state index in [0.717, 1.165) is 11.5 Å². The van der Waals surface area contributed by atoms with Crippen molar-refractivity contribution in [2.24, 2.45) is 5.73 Å². The first-order valence-electron chi connectivity index (χ1n) is 7.85. The molecule has 2 heterocycles. The first kappa shape index (κ1) is 19.2. The van der Waals surface area contributed by atoms with Crippen LogP contribution in [0.3, 0.4) is 0 Å². The first-order chi connectivity index (χ1) is 12.6. The summed E-state index contributed by atoms with van der Waals surface area (Å²) in [5, 5.41) is 5.37. The Kier molecular flexibility index (Phi) is 6.92. The Morgan fingerprint density at radius 3 is 2.50 bits per heavy atom. The fraction of sp³-hybridized carbons (Fsp3) is 0.167. The first-order valence-corrected chi connectivity index (χ1v) is 8.69. The van der Waals surface area contributed by atoms with Crippen molar-refractivity contribution in [2.75, 3.05) is 0 Å². The summed E-state index contributed by atoms with van der Waals surface area (Å²) >= 11 is 1.06. The van der Waals surface area contributed by atoms with Crippen LogP contribution >= 0.6 is 11.5 Å². The van der Waals surface area contributed by atoms with Gasteiger partial charge in [-0.1, -0.05) is 22.7 Å². The molecule has 8 heteroatoms. The monoisotopic (exact) mass is 369 g/mol. The second-order valence-electron chi connectivity index (χ2n) is 5.17. The van der Waals surface area contributed by atoms with Crippen molar-refractivity contribution < 1.29 is 9.59 Å². The zero-order valence-corrected chi connectivity index (χ0v) is 15.3. The van der Waals surface area contributed by atoms with Crippen LogP contribution in [0, 0.1) is 0 Å². The van der Waals surface area contributed by atoms with Gasteiger partial charge in [-0.25, -0.2) is 0 Å². The molecule has 2 N–H and O–H groups in total. The van der Waals surface area contributed by atoms with Crippen molar-refractivity contribution in [3.8, 4) is 0 Å². The van der Waals surface area contributed by atoms with Crippen molar-refractivity contribution >= 4 is 23.3 Å². The van der Waals surface area contributed by atoms with Crippen LogP contribution in [0.5, 0.6) is 0 Å². The van der Waals surface area contributed by atoms with E-state index in [1.54, 1.807) is 48.8 Å². The topological polar surface area (TPSA) is 102 Å². The van der Waals surface area contributed by atoms with Crippen LogP contribution in [0.1, 0.15) is 35.9 Å². The maximum absolute atomic E-state index is 13.1. The molecule has 26 heavy (non-hydrogen) atoms. The minimum atomic E-state index is -1.01. The maximum Gasteiger partial charge on any atom is 0.280 e. The Labute approximate surface area is 155 Å². The second kappa shape index (κ2) is 9.38. The highest BCUT2D eigenvalue weighted by molar-refractivity contribution is 7.03. The molecule has 2 amide bonds. The fourth-order valence-corrected chi connectivity index (χ4v) is 2.76. The van der Waals surface area contributed by atoms with Crippen molar-refractivity contribution in [1.29, 1.82) is 0 Å². The third-order valence-corrected chi connectivity index (χ3v) is 3.93. The number of rotatable bonds is 7. The number of primary amides is 1. The smallest absolute Gasteiger partial charge is 0.280 e. The van der Waals surface area contributed by atoms with Gasteiger partial charge in [0.1, 0.15) is 6.04 Å². The number of amides is 2. The maximum atomic E-state index is 13.1. The highest BCUT2D eigenvalue weighted by Crippen LogP contribution is 2.27. The number of hydrogen-bond acceptors (Lipinski definition) is 6. The molecular weight excluding hydrogens is 350 g/mol. The Morgan fingerprint density at radius 1 is 1.23 bits per heavy atom. The van der Waals surface area contributed by atoms with Crippen molar-refractivity contribution in [1.82, 2.24) is 19.5 Å². The lowest BCUT2D eigenvalue weighted by atomic mass is 10.0. The Balaban J connectivity index is 2.64. The molecule has 7 nitrogen and oxygen atoms in total. The average molecular weight is 369 g/mol. The number of nitrogens with two attached hydrogens (primary N) is 1. The summed E-state index contributed by atoms with van der Waals surface area (Å²) in [6, 6.07) is 2.29. The summed E-state index contributed by atoms with van der Waals surface area (Å²) in [5.41, 5.74) is 6.87. The largest absolute Gasteiger partial charge is 0.368 e. The third-order valence-electron chi connectivity index (χ3n) is 3.42. The number of carbonyl (C=O) groups excluding carboxylic acids is 2. The van der Waals surface area contributed by atoms with Crippen molar-refractivity contribution in [3.63, 3.8) is 0 Å². The number of carbonyl (C=O) groups is 2. The summed E-state index contributed by atoms with van der Waals surface area (Å²) < 4.78 is 3.74. The minimum absolute atomic E-state index is 0.145. The Hall–Kier alpha value is -3.13. The standard InChI is InChI=1S/C18H19N5O2S/c1-3-5-7-14(6-4-2)23(18(25)15-12-26-22-21-15)16(17(19)24)13-8-10-20-11-9-13/h3-12,16H,1-2H3,(H2,19,24)/b5-3-,6-4-,14-7+. The molecule has 0 radical (unpaired) electrons. The lowest BCUT2D eigenvalue weighted by Gasteiger charge is -2.30. The van der Waals surface area contributed by atoms with Crippen LogP contribution in [-0.4, -0.2) is 31.3 Å². The highest BCUT2D eigenvalue weighted by Gasteiger charge is 2.33. The van der Waals surface area contributed by atoms with E-state index in [1.807, 2.05) is 19.9 Å². The van der Waals surface area contributed by atoms with Gasteiger partial charge < -0.3 is 5.73 Å². The van der Waals surface area contributed by atoms with E-state index in [-0.39, 0.29) is 5.69 Å². The summed E-state index contributed by atoms with van der Waals surface area (Å²) in [6.45, 7) is 3.68. The fourth-order valence-electron chi connectivity index (χ4n) is 2.33. The molecule has 0 bridgehead atoms. The molecule has 0 aliphatic rings. The van der Waals surface area contributed by atoms with Gasteiger partial charge in [-0.3, -0.25) is 19.5 Å². The van der Waals surface area contributed by atoms with Crippen LogP contribution in [0.4, 0.5) is 0 Å². The summed E-state index contributed by atoms with van der Waals surface area (Å²) in [5.74, 6) is -1.13. The van der Waals surface area contributed by atoms with Gasteiger partial charge in [0.15, 0.2) is 5.69 Å². The Bertz CT molecular complexity index is 829. The van der Waals surface area contributed by atoms with E-state index in [9.17, 15) is 9.59 Å². The van der Waals surface area contributed by atoms with Crippen LogP contribution in [0.2, 0.25) is 0 Å². The van der Waals surface area contributed by atoms with Gasteiger partial charge in [0, 0.05) is 23.5 Å². The van der Waals surface area contributed by atoms with E-state index in [4.69, 9.17) is 5.73 Å². The molecule has 2 aromatic rings. The van der Waals surface area contributed by atoms with Crippen molar-refractivity contribution in [3.05, 3.63) is 77.2 Å². The quantitative estimate of drug-likeness (QED) is 0.756. The van der Waals surface area contributed by atoms with Crippen LogP contribution in [-0.2, 0) is 4.79 Å². The van der Waals surface area contributed by atoms with E-state index in [1.165, 1.54) is 10.3 Å². The number of aromatic nitrogens is 3. The summed E-state index contributed by atoms with van der Waals surface area (Å²) in [7, 11) is 0. The zero-order valence-electron chi connectivity index (χ0n) is 14.4. The van der Waals surface area contributed by atoms with Crippen LogP contribution in [0.25, 0.3) is 0 Å². The lowest BCUT2D eigenvalue weighted by Crippen LogP contribution is -2.41. The molecule has 134 valence electrons. The molecule has 2 rings (SSSR count). The lowest BCUT2D eigenvalue weighted by molar-refractivity contribution is -0.122. The van der Waals surface area contributed by atoms with Crippen molar-refractivity contribution in [2.45, 2.75) is 19.9 Å². The second-order valence-corrected chi connectivity index (χ2v) is 5.78. The predicted molar refractivity (Wildman–Crippen MR) is 100.0 cm³/mol. The highest BCUT2D eigenvalue weighted by atomic mass is 32.1. The minimum Gasteiger partial charge on any atom is -0.368 e. The van der Waals surface area contributed by atoms with Gasteiger partial charge in [-0.05, 0) is 55.2 Å². The average Bonchev–Trinajstić information content (AvgIpc) is 3.18. The van der Waals surface area contributed by atoms with E-state index >= 15 is 0 Å². The molecule has 1 atom stereocenters. The molecule has 0 saturated heterocycles. The zero-order chi connectivity index (χ0) is 18.9. The molecule has 0 spiro atoms. The van der Waals surface area contributed by atoms with Crippen LogP contribution in [0.15, 0.2) is 66.0 Å². The van der Waals surface area contributed by atoms with E-state index < -0.39 is 17.9 Å². The van der Waals surface area contributed by atoms with Gasteiger partial charge in [-0.15, -0.1) is 5.10 Å². The normalized spacial score (nSPS) is 13.2. The van der Waals surface area contributed by atoms with Gasteiger partial charge in [0.05, 0.1) is 0 Å². The van der Waals surface area contributed by atoms with E-state index in [0.29, 0.717) is 11.3 Å².